The molecule has 82 valence electrons. The van der Waals surface area contributed by atoms with Gasteiger partial charge in [0.2, 0.25) is 0 Å². The van der Waals surface area contributed by atoms with Crippen molar-refractivity contribution in [1.82, 2.24) is 0 Å². The largest absolute Gasteiger partial charge is 0.103 e. The Morgan fingerprint density at radius 2 is 1.93 bits per heavy atom. The van der Waals surface area contributed by atoms with Gasteiger partial charge in [0.25, 0.3) is 0 Å². The summed E-state index contributed by atoms with van der Waals surface area (Å²) in [5, 5.41) is 0. The SMILES string of the molecule is C=CC(CCCCCC)CCC(=C)C. The molecule has 0 radical (unpaired) electrons. The molecule has 0 N–H and O–H groups in total. The standard InChI is InChI=1S/C14H26/c1-5-7-8-9-10-14(6-2)12-11-13(3)4/h6,14H,2-3,5,7-12H2,1,4H3. The van der Waals surface area contributed by atoms with Gasteiger partial charge in [-0.05, 0) is 32.1 Å². The lowest BCUT2D eigenvalue weighted by Crippen LogP contribution is -1.96. The Labute approximate surface area is 90.1 Å². The molecule has 0 saturated carbocycles. The van der Waals surface area contributed by atoms with Crippen LogP contribution in [-0.2, 0) is 0 Å². The van der Waals surface area contributed by atoms with Gasteiger partial charge in [-0.2, -0.15) is 0 Å². The average molecular weight is 194 g/mol. The van der Waals surface area contributed by atoms with Crippen molar-refractivity contribution in [2.45, 2.75) is 58.8 Å². The van der Waals surface area contributed by atoms with E-state index in [0.717, 1.165) is 6.42 Å². The van der Waals surface area contributed by atoms with Crippen LogP contribution in [0.2, 0.25) is 0 Å². The van der Waals surface area contributed by atoms with E-state index in [1.165, 1.54) is 44.1 Å². The number of rotatable bonds is 9. The average Bonchev–Trinajstić information content (AvgIpc) is 2.16. The Morgan fingerprint density at radius 1 is 1.21 bits per heavy atom. The molecule has 0 rings (SSSR count). The summed E-state index contributed by atoms with van der Waals surface area (Å²) in [5.74, 6) is 0.712. The van der Waals surface area contributed by atoms with Crippen molar-refractivity contribution in [2.75, 3.05) is 0 Å². The molecule has 0 aromatic carbocycles. The summed E-state index contributed by atoms with van der Waals surface area (Å²) in [4.78, 5) is 0. The van der Waals surface area contributed by atoms with Crippen LogP contribution in [0.4, 0.5) is 0 Å². The minimum absolute atomic E-state index is 0.712. The van der Waals surface area contributed by atoms with Gasteiger partial charge in [0.15, 0.2) is 0 Å². The van der Waals surface area contributed by atoms with Crippen LogP contribution in [0.3, 0.4) is 0 Å². The monoisotopic (exact) mass is 194 g/mol. The zero-order valence-corrected chi connectivity index (χ0v) is 10.0. The van der Waals surface area contributed by atoms with E-state index in [-0.39, 0.29) is 0 Å². The molecule has 0 aliphatic rings. The highest BCUT2D eigenvalue weighted by Crippen LogP contribution is 2.18. The van der Waals surface area contributed by atoms with Crippen LogP contribution in [0.1, 0.15) is 58.8 Å². The molecule has 1 atom stereocenters. The number of unbranched alkanes of at least 4 members (excludes halogenated alkanes) is 3. The van der Waals surface area contributed by atoms with Crippen LogP contribution in [0.15, 0.2) is 24.8 Å². The fourth-order valence-electron chi connectivity index (χ4n) is 1.65. The first-order chi connectivity index (χ1) is 6.70. The second-order valence-electron chi connectivity index (χ2n) is 4.34. The molecule has 0 saturated heterocycles. The van der Waals surface area contributed by atoms with Crippen molar-refractivity contribution >= 4 is 0 Å². The Bertz CT molecular complexity index is 155. The van der Waals surface area contributed by atoms with E-state index in [9.17, 15) is 0 Å². The van der Waals surface area contributed by atoms with Gasteiger partial charge in [0, 0.05) is 0 Å². The maximum Gasteiger partial charge on any atom is -0.0233 e. The van der Waals surface area contributed by atoms with Crippen LogP contribution in [0.25, 0.3) is 0 Å². The molecule has 0 amide bonds. The number of allylic oxidation sites excluding steroid dienone is 2. The molecule has 0 aromatic rings. The van der Waals surface area contributed by atoms with E-state index >= 15 is 0 Å². The van der Waals surface area contributed by atoms with Gasteiger partial charge in [-0.15, -0.1) is 13.2 Å². The molecule has 14 heavy (non-hydrogen) atoms. The summed E-state index contributed by atoms with van der Waals surface area (Å²) in [6, 6.07) is 0. The fourth-order valence-corrected chi connectivity index (χ4v) is 1.65. The Morgan fingerprint density at radius 3 is 2.43 bits per heavy atom. The van der Waals surface area contributed by atoms with E-state index in [0.29, 0.717) is 5.92 Å². The highest BCUT2D eigenvalue weighted by Gasteiger charge is 2.03. The van der Waals surface area contributed by atoms with Gasteiger partial charge in [-0.3, -0.25) is 0 Å². The third-order valence-corrected chi connectivity index (χ3v) is 2.70. The maximum absolute atomic E-state index is 3.94. The zero-order chi connectivity index (χ0) is 10.8. The molecule has 0 fully saturated rings. The second kappa shape index (κ2) is 9.05. The molecule has 0 spiro atoms. The van der Waals surface area contributed by atoms with Crippen molar-refractivity contribution < 1.29 is 0 Å². The maximum atomic E-state index is 3.94. The molecular weight excluding hydrogens is 168 g/mol. The molecule has 0 bridgehead atoms. The van der Waals surface area contributed by atoms with Crippen molar-refractivity contribution in [3.63, 3.8) is 0 Å². The fraction of sp³-hybridized carbons (Fsp3) is 0.714. The summed E-state index contributed by atoms with van der Waals surface area (Å²) in [6.45, 7) is 12.2. The summed E-state index contributed by atoms with van der Waals surface area (Å²) in [6.07, 6.45) is 11.3. The normalized spacial score (nSPS) is 12.4. The third kappa shape index (κ3) is 8.10. The topological polar surface area (TPSA) is 0 Å². The molecule has 0 heterocycles. The van der Waals surface area contributed by atoms with Gasteiger partial charge in [0.1, 0.15) is 0 Å². The molecule has 0 aliphatic heterocycles. The second-order valence-corrected chi connectivity index (χ2v) is 4.34. The lowest BCUT2D eigenvalue weighted by Gasteiger charge is -2.11. The minimum Gasteiger partial charge on any atom is -0.103 e. The Balaban J connectivity index is 3.47. The van der Waals surface area contributed by atoms with Crippen LogP contribution >= 0.6 is 0 Å². The minimum atomic E-state index is 0.712. The summed E-state index contributed by atoms with van der Waals surface area (Å²) in [5.41, 5.74) is 1.30. The zero-order valence-electron chi connectivity index (χ0n) is 10.0. The van der Waals surface area contributed by atoms with Crippen molar-refractivity contribution in [2.24, 2.45) is 5.92 Å². The van der Waals surface area contributed by atoms with Crippen LogP contribution < -0.4 is 0 Å². The molecule has 0 aliphatic carbocycles. The van der Waals surface area contributed by atoms with E-state index in [4.69, 9.17) is 0 Å². The molecule has 0 heteroatoms. The Hall–Kier alpha value is -0.520. The van der Waals surface area contributed by atoms with Crippen molar-refractivity contribution in [3.05, 3.63) is 24.8 Å². The van der Waals surface area contributed by atoms with Crippen LogP contribution in [-0.4, -0.2) is 0 Å². The van der Waals surface area contributed by atoms with E-state index < -0.39 is 0 Å². The first-order valence-electron chi connectivity index (χ1n) is 5.97. The van der Waals surface area contributed by atoms with Gasteiger partial charge < -0.3 is 0 Å². The van der Waals surface area contributed by atoms with Gasteiger partial charge >= 0.3 is 0 Å². The summed E-state index contributed by atoms with van der Waals surface area (Å²) < 4.78 is 0. The summed E-state index contributed by atoms with van der Waals surface area (Å²) in [7, 11) is 0. The highest BCUT2D eigenvalue weighted by atomic mass is 14.1. The predicted octanol–water partition coefficient (Wildman–Crippen LogP) is 5.12. The summed E-state index contributed by atoms with van der Waals surface area (Å²) >= 11 is 0. The van der Waals surface area contributed by atoms with Gasteiger partial charge in [-0.25, -0.2) is 0 Å². The first kappa shape index (κ1) is 13.5. The van der Waals surface area contributed by atoms with Crippen molar-refractivity contribution in [1.29, 1.82) is 0 Å². The van der Waals surface area contributed by atoms with E-state index in [2.05, 4.69) is 33.1 Å². The number of hydrogen-bond acceptors (Lipinski definition) is 0. The lowest BCUT2D eigenvalue weighted by molar-refractivity contribution is 0.501. The van der Waals surface area contributed by atoms with Crippen LogP contribution in [0, 0.1) is 5.92 Å². The third-order valence-electron chi connectivity index (χ3n) is 2.70. The lowest BCUT2D eigenvalue weighted by atomic mass is 9.94. The molecular formula is C14H26. The van der Waals surface area contributed by atoms with E-state index in [1.807, 2.05) is 0 Å². The van der Waals surface area contributed by atoms with Crippen LogP contribution in [0.5, 0.6) is 0 Å². The first-order valence-corrected chi connectivity index (χ1v) is 5.97. The predicted molar refractivity (Wildman–Crippen MR) is 66.5 cm³/mol. The highest BCUT2D eigenvalue weighted by molar-refractivity contribution is 4.90. The number of hydrogen-bond donors (Lipinski definition) is 0. The van der Waals surface area contributed by atoms with E-state index in [1.54, 1.807) is 0 Å². The Kier molecular flexibility index (Phi) is 8.72. The quantitative estimate of drug-likeness (QED) is 0.353. The van der Waals surface area contributed by atoms with Gasteiger partial charge in [-0.1, -0.05) is 44.3 Å². The smallest absolute Gasteiger partial charge is 0.0233 e. The van der Waals surface area contributed by atoms with Gasteiger partial charge in [0.05, 0.1) is 0 Å². The molecule has 0 nitrogen and oxygen atoms in total. The van der Waals surface area contributed by atoms with Crippen molar-refractivity contribution in [3.8, 4) is 0 Å². The molecule has 0 aromatic heterocycles. The molecule has 1 unspecified atom stereocenters.